The lowest BCUT2D eigenvalue weighted by Gasteiger charge is -2.26. The number of rotatable bonds is 1. The molecule has 2 aliphatic carbocycles. The van der Waals surface area contributed by atoms with Crippen molar-refractivity contribution in [1.29, 1.82) is 0 Å². The van der Waals surface area contributed by atoms with Gasteiger partial charge in [0.05, 0.1) is 0 Å². The van der Waals surface area contributed by atoms with Crippen molar-refractivity contribution in [2.75, 3.05) is 0 Å². The molecule has 0 aliphatic heterocycles. The second-order valence-electron chi connectivity index (χ2n) is 6.93. The fourth-order valence-electron chi connectivity index (χ4n) is 4.38. The summed E-state index contributed by atoms with van der Waals surface area (Å²) in [5, 5.41) is 3.35. The van der Waals surface area contributed by atoms with Crippen LogP contribution >= 0.6 is 11.6 Å². The monoisotopic (exact) mass is 342 g/mol. The van der Waals surface area contributed by atoms with Gasteiger partial charge in [-0.2, -0.15) is 0 Å². The van der Waals surface area contributed by atoms with E-state index in [2.05, 4.69) is 60.7 Å². The summed E-state index contributed by atoms with van der Waals surface area (Å²) in [7, 11) is 0. The van der Waals surface area contributed by atoms with Crippen molar-refractivity contribution in [2.24, 2.45) is 0 Å². The molecule has 25 heavy (non-hydrogen) atoms. The molecule has 5 rings (SSSR count). The highest BCUT2D eigenvalue weighted by molar-refractivity contribution is 6.36. The fourth-order valence-corrected chi connectivity index (χ4v) is 4.60. The minimum absolute atomic E-state index is 0.844. The molecule has 122 valence electrons. The second-order valence-corrected chi connectivity index (χ2v) is 7.34. The molecule has 0 fully saturated rings. The zero-order chi connectivity index (χ0) is 16.8. The SMILES string of the molecule is Clc1ccc(-c2ccccc2)c2c3c(ccc12)C1=C(CCC=C1)CC3. The zero-order valence-electron chi connectivity index (χ0n) is 14.1. The predicted molar refractivity (Wildman–Crippen MR) is 108 cm³/mol. The van der Waals surface area contributed by atoms with E-state index in [-0.39, 0.29) is 0 Å². The van der Waals surface area contributed by atoms with Crippen molar-refractivity contribution < 1.29 is 0 Å². The van der Waals surface area contributed by atoms with E-state index in [4.69, 9.17) is 11.6 Å². The summed E-state index contributed by atoms with van der Waals surface area (Å²) in [6, 6.07) is 19.4. The van der Waals surface area contributed by atoms with Gasteiger partial charge in [0.15, 0.2) is 0 Å². The van der Waals surface area contributed by atoms with Gasteiger partial charge in [-0.15, -0.1) is 0 Å². The number of hydrogen-bond acceptors (Lipinski definition) is 0. The van der Waals surface area contributed by atoms with Crippen LogP contribution in [0.1, 0.15) is 30.4 Å². The van der Waals surface area contributed by atoms with Crippen LogP contribution in [-0.4, -0.2) is 0 Å². The Morgan fingerprint density at radius 1 is 0.760 bits per heavy atom. The molecule has 0 radical (unpaired) electrons. The molecule has 0 heterocycles. The molecule has 1 heteroatoms. The molecule has 0 unspecified atom stereocenters. The first kappa shape index (κ1) is 15.0. The highest BCUT2D eigenvalue weighted by Gasteiger charge is 2.22. The van der Waals surface area contributed by atoms with E-state index in [9.17, 15) is 0 Å². The maximum Gasteiger partial charge on any atom is 0.0484 e. The molecular formula is C24H19Cl. The molecule has 0 N–H and O–H groups in total. The minimum atomic E-state index is 0.844. The summed E-state index contributed by atoms with van der Waals surface area (Å²) in [6.45, 7) is 0. The van der Waals surface area contributed by atoms with Gasteiger partial charge in [-0.05, 0) is 65.0 Å². The van der Waals surface area contributed by atoms with Gasteiger partial charge in [0.25, 0.3) is 0 Å². The topological polar surface area (TPSA) is 0 Å². The van der Waals surface area contributed by atoms with Gasteiger partial charge in [-0.3, -0.25) is 0 Å². The van der Waals surface area contributed by atoms with E-state index in [0.29, 0.717) is 0 Å². The van der Waals surface area contributed by atoms with E-state index < -0.39 is 0 Å². The minimum Gasteiger partial charge on any atom is -0.0837 e. The maximum absolute atomic E-state index is 6.57. The van der Waals surface area contributed by atoms with Crippen molar-refractivity contribution >= 4 is 27.9 Å². The highest BCUT2D eigenvalue weighted by atomic mass is 35.5. The molecule has 0 bridgehead atoms. The van der Waals surface area contributed by atoms with Gasteiger partial charge in [0, 0.05) is 10.4 Å². The van der Waals surface area contributed by atoms with E-state index in [1.54, 1.807) is 5.57 Å². The van der Waals surface area contributed by atoms with Crippen LogP contribution < -0.4 is 0 Å². The summed E-state index contributed by atoms with van der Waals surface area (Å²) in [4.78, 5) is 0. The summed E-state index contributed by atoms with van der Waals surface area (Å²) in [6.07, 6.45) is 9.32. The van der Waals surface area contributed by atoms with Gasteiger partial charge in [0.2, 0.25) is 0 Å². The van der Waals surface area contributed by atoms with Gasteiger partial charge in [0.1, 0.15) is 0 Å². The standard InChI is InChI=1S/C24H19Cl/c25-23-15-14-19(16-6-2-1-3-7-16)24-21-11-10-17-8-4-5-9-18(17)20(21)12-13-22(23)24/h1-3,5-7,9,12-15H,4,8,10-11H2. The average Bonchev–Trinajstić information content (AvgIpc) is 2.68. The summed E-state index contributed by atoms with van der Waals surface area (Å²) in [5.41, 5.74) is 8.50. The van der Waals surface area contributed by atoms with Crippen molar-refractivity contribution in [3.8, 4) is 11.1 Å². The van der Waals surface area contributed by atoms with Crippen LogP contribution in [0.15, 0.2) is 72.3 Å². The first-order valence-corrected chi connectivity index (χ1v) is 9.39. The Morgan fingerprint density at radius 2 is 1.60 bits per heavy atom. The second kappa shape index (κ2) is 5.89. The van der Waals surface area contributed by atoms with Crippen molar-refractivity contribution in [3.63, 3.8) is 0 Å². The zero-order valence-corrected chi connectivity index (χ0v) is 14.8. The Balaban J connectivity index is 1.86. The molecule has 0 nitrogen and oxygen atoms in total. The highest BCUT2D eigenvalue weighted by Crippen LogP contribution is 2.43. The van der Waals surface area contributed by atoms with Crippen molar-refractivity contribution in [2.45, 2.75) is 25.7 Å². The Kier molecular flexibility index (Phi) is 3.53. The third-order valence-electron chi connectivity index (χ3n) is 5.57. The number of fused-ring (bicyclic) bond motifs is 4. The van der Waals surface area contributed by atoms with Crippen molar-refractivity contribution in [1.82, 2.24) is 0 Å². The average molecular weight is 343 g/mol. The van der Waals surface area contributed by atoms with Gasteiger partial charge < -0.3 is 0 Å². The number of benzene rings is 3. The van der Waals surface area contributed by atoms with Crippen LogP contribution in [0.25, 0.3) is 27.5 Å². The van der Waals surface area contributed by atoms with Gasteiger partial charge in [-0.1, -0.05) is 77.9 Å². The molecule has 0 spiro atoms. The number of hydrogen-bond donors (Lipinski definition) is 0. The largest absolute Gasteiger partial charge is 0.0837 e. The molecule has 0 saturated heterocycles. The predicted octanol–water partition coefficient (Wildman–Crippen LogP) is 7.21. The third-order valence-corrected chi connectivity index (χ3v) is 5.90. The lowest BCUT2D eigenvalue weighted by molar-refractivity contribution is 0.831. The van der Waals surface area contributed by atoms with Gasteiger partial charge in [-0.25, -0.2) is 0 Å². The number of aryl methyl sites for hydroxylation is 1. The normalized spacial score (nSPS) is 16.0. The third kappa shape index (κ3) is 2.36. The quantitative estimate of drug-likeness (QED) is 0.438. The summed E-state index contributed by atoms with van der Waals surface area (Å²) >= 11 is 6.57. The van der Waals surface area contributed by atoms with Crippen molar-refractivity contribution in [3.05, 3.63) is 88.5 Å². The molecule has 0 saturated carbocycles. The van der Waals surface area contributed by atoms with Crippen LogP contribution in [0.4, 0.5) is 0 Å². The lowest BCUT2D eigenvalue weighted by Crippen LogP contribution is -2.07. The first-order chi connectivity index (χ1) is 12.3. The molecule has 0 atom stereocenters. The smallest absolute Gasteiger partial charge is 0.0484 e. The number of allylic oxidation sites excluding steroid dienone is 4. The Hall–Kier alpha value is -2.31. The van der Waals surface area contributed by atoms with E-state index in [1.165, 1.54) is 57.9 Å². The van der Waals surface area contributed by atoms with E-state index >= 15 is 0 Å². The Morgan fingerprint density at radius 3 is 2.48 bits per heavy atom. The van der Waals surface area contributed by atoms with E-state index in [1.807, 2.05) is 6.07 Å². The van der Waals surface area contributed by atoms with Crippen LogP contribution in [0.5, 0.6) is 0 Å². The van der Waals surface area contributed by atoms with Gasteiger partial charge >= 0.3 is 0 Å². The molecular weight excluding hydrogens is 324 g/mol. The number of halogens is 1. The fraction of sp³-hybridized carbons (Fsp3) is 0.167. The summed E-state index contributed by atoms with van der Waals surface area (Å²) < 4.78 is 0. The van der Waals surface area contributed by atoms with Crippen LogP contribution in [0, 0.1) is 0 Å². The first-order valence-electron chi connectivity index (χ1n) is 9.01. The lowest BCUT2D eigenvalue weighted by atomic mass is 9.78. The Bertz CT molecular complexity index is 1040. The Labute approximate surface area is 153 Å². The van der Waals surface area contributed by atoms with Crippen LogP contribution in [0.3, 0.4) is 0 Å². The molecule has 2 aliphatic rings. The van der Waals surface area contributed by atoms with Crippen LogP contribution in [-0.2, 0) is 6.42 Å². The molecule has 3 aromatic rings. The molecule has 3 aromatic carbocycles. The molecule has 0 aromatic heterocycles. The summed E-state index contributed by atoms with van der Waals surface area (Å²) in [5.74, 6) is 0. The van der Waals surface area contributed by atoms with E-state index in [0.717, 1.165) is 11.4 Å². The van der Waals surface area contributed by atoms with Crippen LogP contribution in [0.2, 0.25) is 5.02 Å². The molecule has 0 amide bonds. The maximum atomic E-state index is 6.57.